The van der Waals surface area contributed by atoms with E-state index < -0.39 is 38.4 Å². The third-order valence-electron chi connectivity index (χ3n) is 5.99. The molecule has 0 bridgehead atoms. The van der Waals surface area contributed by atoms with Gasteiger partial charge in [0.15, 0.2) is 16.5 Å². The minimum Gasteiger partial charge on any atom is -0.370 e. The van der Waals surface area contributed by atoms with Crippen LogP contribution in [0.15, 0.2) is 40.1 Å². The van der Waals surface area contributed by atoms with Crippen molar-refractivity contribution in [2.45, 2.75) is 37.0 Å². The Balaban J connectivity index is 1.51. The number of likely N-dealkylation sites (N-methyl/N-ethyl adjacent to an activating group) is 1. The zero-order valence-corrected chi connectivity index (χ0v) is 20.8. The lowest BCUT2D eigenvalue weighted by molar-refractivity contribution is -0.141. The molecule has 7 nitrogen and oxygen atoms in total. The van der Waals surface area contributed by atoms with Gasteiger partial charge in [-0.3, -0.25) is 9.62 Å². The van der Waals surface area contributed by atoms with Crippen LogP contribution in [-0.4, -0.2) is 49.5 Å². The second-order valence-corrected chi connectivity index (χ2v) is 10.8. The van der Waals surface area contributed by atoms with Crippen LogP contribution in [0.3, 0.4) is 0 Å². The maximum atomic E-state index is 15.2. The van der Waals surface area contributed by atoms with Crippen molar-refractivity contribution in [3.63, 3.8) is 0 Å². The number of anilines is 2. The fraction of sp³-hybridized carbons (Fsp3) is 0.364. The summed E-state index contributed by atoms with van der Waals surface area (Å²) in [4.78, 5) is 9.93. The van der Waals surface area contributed by atoms with Crippen LogP contribution in [-0.2, 0) is 22.7 Å². The van der Waals surface area contributed by atoms with Crippen molar-refractivity contribution in [1.29, 1.82) is 0 Å². The number of halogens is 5. The van der Waals surface area contributed by atoms with E-state index in [4.69, 9.17) is 0 Å². The molecule has 0 spiro atoms. The number of nitrogens with zero attached hydrogens (tertiary/aromatic N) is 4. The highest BCUT2D eigenvalue weighted by Gasteiger charge is 2.34. The molecule has 3 aromatic rings. The number of pyridine rings is 1. The van der Waals surface area contributed by atoms with Gasteiger partial charge in [-0.05, 0) is 31.5 Å². The number of likely N-dealkylation sites (tertiary alicyclic amines) is 1. The molecule has 1 aromatic carbocycles. The van der Waals surface area contributed by atoms with Crippen LogP contribution in [0.25, 0.3) is 0 Å². The van der Waals surface area contributed by atoms with E-state index >= 15 is 4.39 Å². The highest BCUT2D eigenvalue weighted by molar-refractivity contribution is 7.92. The molecule has 3 heterocycles. The van der Waals surface area contributed by atoms with Crippen LogP contribution in [0, 0.1) is 18.6 Å². The van der Waals surface area contributed by atoms with Crippen LogP contribution < -0.4 is 9.62 Å². The van der Waals surface area contributed by atoms with Gasteiger partial charge in [-0.25, -0.2) is 27.2 Å². The zero-order valence-electron chi connectivity index (χ0n) is 19.2. The summed E-state index contributed by atoms with van der Waals surface area (Å²) < 4.78 is 96.3. The largest absolute Gasteiger partial charge is 0.433 e. The molecule has 0 saturated carbocycles. The Morgan fingerprint density at radius 2 is 2.03 bits per heavy atom. The van der Waals surface area contributed by atoms with Gasteiger partial charge in [-0.1, -0.05) is 6.07 Å². The van der Waals surface area contributed by atoms with Crippen molar-refractivity contribution in [2.75, 3.05) is 29.8 Å². The standard InChI is InChI=1S/C22H22F5N5O2S2/c1-13-17(8-16(23)21(20(13)24)36(33,34)30-19-11-35-12-28-19)31(2)15-6-7-32(10-15)9-14-4-3-5-18(29-14)22(25,26)27/h3-5,8,11-12,15,30H,6-7,9-10H2,1-2H3. The van der Waals surface area contributed by atoms with Gasteiger partial charge in [0, 0.05) is 49.4 Å². The van der Waals surface area contributed by atoms with Crippen molar-refractivity contribution in [2.24, 2.45) is 0 Å². The second kappa shape index (κ2) is 9.90. The van der Waals surface area contributed by atoms with Gasteiger partial charge in [-0.15, -0.1) is 11.3 Å². The van der Waals surface area contributed by atoms with Gasteiger partial charge in [0.25, 0.3) is 10.0 Å². The minimum atomic E-state index is -4.56. The summed E-state index contributed by atoms with van der Waals surface area (Å²) in [6.07, 6.45) is -3.95. The van der Waals surface area contributed by atoms with E-state index in [2.05, 4.69) is 14.7 Å². The number of aromatic nitrogens is 2. The fourth-order valence-corrected chi connectivity index (χ4v) is 5.92. The van der Waals surface area contributed by atoms with Crippen LogP contribution >= 0.6 is 11.3 Å². The molecule has 1 saturated heterocycles. The number of rotatable bonds is 7. The molecule has 1 fully saturated rings. The maximum absolute atomic E-state index is 15.2. The topological polar surface area (TPSA) is 78.4 Å². The summed E-state index contributed by atoms with van der Waals surface area (Å²) in [5.41, 5.74) is 0.816. The first kappa shape index (κ1) is 26.2. The SMILES string of the molecule is Cc1c(N(C)C2CCN(Cc3cccc(C(F)(F)F)n3)C2)cc(F)c(S(=O)(=O)Nc2cscn2)c1F. The van der Waals surface area contributed by atoms with Crippen molar-refractivity contribution in [3.8, 4) is 0 Å². The quantitative estimate of drug-likeness (QED) is 0.434. The Labute approximate surface area is 208 Å². The molecule has 36 heavy (non-hydrogen) atoms. The normalized spacial score (nSPS) is 16.9. The first-order valence-corrected chi connectivity index (χ1v) is 13.2. The number of alkyl halides is 3. The average molecular weight is 548 g/mol. The molecule has 2 aromatic heterocycles. The Morgan fingerprint density at radius 1 is 1.28 bits per heavy atom. The number of sulfonamides is 1. The van der Waals surface area contributed by atoms with Crippen molar-refractivity contribution >= 4 is 32.9 Å². The average Bonchev–Trinajstić information content (AvgIpc) is 3.47. The van der Waals surface area contributed by atoms with Crippen molar-refractivity contribution in [1.82, 2.24) is 14.9 Å². The van der Waals surface area contributed by atoms with Crippen LogP contribution in [0.4, 0.5) is 33.5 Å². The summed E-state index contributed by atoms with van der Waals surface area (Å²) in [7, 11) is -2.92. The minimum absolute atomic E-state index is 0.0426. The predicted molar refractivity (Wildman–Crippen MR) is 125 cm³/mol. The van der Waals surface area contributed by atoms with Gasteiger partial charge >= 0.3 is 6.18 Å². The third-order valence-corrected chi connectivity index (χ3v) is 7.97. The van der Waals surface area contributed by atoms with Crippen LogP contribution in [0.5, 0.6) is 0 Å². The lowest BCUT2D eigenvalue weighted by Gasteiger charge is -2.29. The highest BCUT2D eigenvalue weighted by atomic mass is 32.2. The molecule has 14 heteroatoms. The Bertz CT molecular complexity index is 1350. The van der Waals surface area contributed by atoms with E-state index in [0.717, 1.165) is 23.5 Å². The van der Waals surface area contributed by atoms with E-state index in [1.54, 1.807) is 11.9 Å². The molecule has 1 atom stereocenters. The maximum Gasteiger partial charge on any atom is 0.433 e. The van der Waals surface area contributed by atoms with Crippen LogP contribution in [0.1, 0.15) is 23.4 Å². The number of nitrogens with one attached hydrogen (secondary N) is 1. The zero-order chi connectivity index (χ0) is 26.3. The molecule has 1 aliphatic heterocycles. The molecule has 0 radical (unpaired) electrons. The van der Waals surface area contributed by atoms with Crippen molar-refractivity contribution in [3.05, 3.63) is 63.7 Å². The Morgan fingerprint density at radius 3 is 2.69 bits per heavy atom. The molecule has 1 N–H and O–H groups in total. The molecule has 0 amide bonds. The van der Waals surface area contributed by atoms with Gasteiger partial charge < -0.3 is 4.90 Å². The molecule has 4 rings (SSSR count). The second-order valence-electron chi connectivity index (χ2n) is 8.43. The summed E-state index contributed by atoms with van der Waals surface area (Å²) >= 11 is 1.12. The van der Waals surface area contributed by atoms with Crippen molar-refractivity contribution < 1.29 is 30.4 Å². The molecule has 194 valence electrons. The van der Waals surface area contributed by atoms with Gasteiger partial charge in [-0.2, -0.15) is 13.2 Å². The summed E-state index contributed by atoms with van der Waals surface area (Å²) in [6.45, 7) is 2.51. The van der Waals surface area contributed by atoms with E-state index in [9.17, 15) is 26.0 Å². The predicted octanol–water partition coefficient (Wildman–Crippen LogP) is 4.66. The van der Waals surface area contributed by atoms with Gasteiger partial charge in [0.2, 0.25) is 0 Å². The van der Waals surface area contributed by atoms with E-state index in [0.29, 0.717) is 19.5 Å². The van der Waals surface area contributed by atoms with E-state index in [1.165, 1.54) is 29.9 Å². The summed E-state index contributed by atoms with van der Waals surface area (Å²) in [6, 6.07) is 4.50. The highest BCUT2D eigenvalue weighted by Crippen LogP contribution is 2.33. The van der Waals surface area contributed by atoms with Gasteiger partial charge in [0.1, 0.15) is 11.5 Å². The molecule has 0 aliphatic carbocycles. The number of benzene rings is 1. The number of hydrogen-bond acceptors (Lipinski definition) is 7. The fourth-order valence-electron chi connectivity index (χ4n) is 4.17. The van der Waals surface area contributed by atoms with E-state index in [1.807, 2.05) is 4.90 Å². The molecular weight excluding hydrogens is 525 g/mol. The smallest absolute Gasteiger partial charge is 0.370 e. The lowest BCUT2D eigenvalue weighted by atomic mass is 10.1. The molecule has 1 aliphatic rings. The summed E-state index contributed by atoms with van der Waals surface area (Å²) in [5.74, 6) is -2.49. The first-order valence-electron chi connectivity index (χ1n) is 10.7. The van der Waals surface area contributed by atoms with E-state index in [-0.39, 0.29) is 35.3 Å². The Kier molecular flexibility index (Phi) is 7.21. The molecular formula is C22H22F5N5O2S2. The number of hydrogen-bond donors (Lipinski definition) is 1. The first-order chi connectivity index (χ1) is 16.9. The van der Waals surface area contributed by atoms with Crippen LogP contribution in [0.2, 0.25) is 0 Å². The molecule has 1 unspecified atom stereocenters. The monoisotopic (exact) mass is 547 g/mol. The summed E-state index contributed by atoms with van der Waals surface area (Å²) in [5, 5.41) is 1.39. The number of thiazole rings is 1. The Hall–Kier alpha value is -2.84. The third kappa shape index (κ3) is 5.44. The lowest BCUT2D eigenvalue weighted by Crippen LogP contribution is -2.35. The van der Waals surface area contributed by atoms with Gasteiger partial charge in [0.05, 0.1) is 11.2 Å².